The van der Waals surface area contributed by atoms with Gasteiger partial charge in [0.1, 0.15) is 5.82 Å². The normalized spacial score (nSPS) is 19.9. The molecular formula is C32H36F6N4O4S2. The van der Waals surface area contributed by atoms with E-state index < -0.39 is 34.9 Å². The Hall–Kier alpha value is -3.39. The molecule has 0 amide bonds. The van der Waals surface area contributed by atoms with Crippen LogP contribution in [-0.4, -0.2) is 87.6 Å². The van der Waals surface area contributed by atoms with Crippen molar-refractivity contribution in [2.75, 3.05) is 60.2 Å². The van der Waals surface area contributed by atoms with Crippen LogP contribution in [0.3, 0.4) is 0 Å². The first-order chi connectivity index (χ1) is 22.8. The van der Waals surface area contributed by atoms with Gasteiger partial charge in [0.2, 0.25) is 0 Å². The third-order valence-corrected chi connectivity index (χ3v) is 11.2. The second kappa shape index (κ2) is 15.4. The lowest BCUT2D eigenvalue weighted by molar-refractivity contribution is -0.127. The van der Waals surface area contributed by atoms with Gasteiger partial charge in [-0.3, -0.25) is 4.90 Å². The summed E-state index contributed by atoms with van der Waals surface area (Å²) in [7, 11) is -2.96. The molecule has 0 radical (unpaired) electrons. The maximum atomic E-state index is 14.5. The Balaban J connectivity index is 1.31. The molecule has 262 valence electrons. The Labute approximate surface area is 278 Å². The predicted molar refractivity (Wildman–Crippen MR) is 175 cm³/mol. The monoisotopic (exact) mass is 718 g/mol. The van der Waals surface area contributed by atoms with Crippen LogP contribution < -0.4 is 20.7 Å². The lowest BCUT2D eigenvalue weighted by Crippen LogP contribution is -2.48. The van der Waals surface area contributed by atoms with E-state index in [2.05, 4.69) is 37.4 Å². The van der Waals surface area contributed by atoms with Gasteiger partial charge >= 0.3 is 12.8 Å². The van der Waals surface area contributed by atoms with Crippen LogP contribution in [0.25, 0.3) is 10.1 Å². The minimum atomic E-state index is -4.50. The van der Waals surface area contributed by atoms with Gasteiger partial charge in [-0.2, -0.15) is 22.0 Å². The fourth-order valence-electron chi connectivity index (χ4n) is 6.13. The van der Waals surface area contributed by atoms with E-state index in [0.717, 1.165) is 49.2 Å². The van der Waals surface area contributed by atoms with Gasteiger partial charge in [-0.1, -0.05) is 24.0 Å². The summed E-state index contributed by atoms with van der Waals surface area (Å²) >= 11 is 1.13. The van der Waals surface area contributed by atoms with Crippen LogP contribution in [-0.2, 0) is 16.3 Å². The van der Waals surface area contributed by atoms with Crippen LogP contribution >= 0.6 is 11.3 Å². The molecule has 0 spiro atoms. The number of sulfone groups is 1. The number of hydrogen-bond acceptors (Lipinski definition) is 9. The highest BCUT2D eigenvalue weighted by Gasteiger charge is 2.32. The highest BCUT2D eigenvalue weighted by atomic mass is 32.2. The van der Waals surface area contributed by atoms with E-state index >= 15 is 0 Å². The molecule has 1 saturated carbocycles. The summed E-state index contributed by atoms with van der Waals surface area (Å²) in [6.07, 6.45) is -2.25. The van der Waals surface area contributed by atoms with Crippen molar-refractivity contribution in [1.82, 2.24) is 4.90 Å². The highest BCUT2D eigenvalue weighted by molar-refractivity contribution is 7.91. The Bertz CT molecular complexity index is 1730. The number of benzene rings is 2. The summed E-state index contributed by atoms with van der Waals surface area (Å²) in [6.45, 7) is -2.67. The molecule has 2 aliphatic rings. The van der Waals surface area contributed by atoms with Gasteiger partial charge in [0.05, 0.1) is 57.7 Å². The Morgan fingerprint density at radius 2 is 1.77 bits per heavy atom. The van der Waals surface area contributed by atoms with Crippen LogP contribution in [0.15, 0.2) is 30.3 Å². The van der Waals surface area contributed by atoms with Crippen molar-refractivity contribution in [3.63, 3.8) is 0 Å². The van der Waals surface area contributed by atoms with Crippen molar-refractivity contribution in [3.8, 4) is 17.6 Å². The molecule has 1 aliphatic heterocycles. The van der Waals surface area contributed by atoms with Crippen molar-refractivity contribution in [1.29, 1.82) is 0 Å². The molecule has 1 saturated heterocycles. The number of aliphatic hydroxyl groups is 1. The fourth-order valence-corrected chi connectivity index (χ4v) is 8.53. The van der Waals surface area contributed by atoms with Crippen molar-refractivity contribution < 1.29 is 44.6 Å². The molecule has 1 aliphatic carbocycles. The van der Waals surface area contributed by atoms with E-state index in [1.807, 2.05) is 6.07 Å². The van der Waals surface area contributed by atoms with Gasteiger partial charge in [-0.15, -0.1) is 11.3 Å². The van der Waals surface area contributed by atoms with Gasteiger partial charge in [0.25, 0.3) is 0 Å². The van der Waals surface area contributed by atoms with Gasteiger partial charge in [0.15, 0.2) is 15.6 Å². The summed E-state index contributed by atoms with van der Waals surface area (Å²) in [6, 6.07) is 7.51. The van der Waals surface area contributed by atoms with Crippen molar-refractivity contribution in [2.24, 2.45) is 0 Å². The number of aliphatic hydroxyl groups excluding tert-OH is 1. The lowest BCUT2D eigenvalue weighted by Gasteiger charge is -2.39. The van der Waals surface area contributed by atoms with Crippen molar-refractivity contribution in [2.45, 2.75) is 57.0 Å². The average Bonchev–Trinajstić information content (AvgIpc) is 3.36. The van der Waals surface area contributed by atoms with Gasteiger partial charge in [-0.05, 0) is 42.7 Å². The van der Waals surface area contributed by atoms with Crippen LogP contribution in [0.1, 0.15) is 36.1 Å². The number of fused-ring (bicyclic) bond motifs is 1. The number of nitrogens with zero attached hydrogens (tertiary/aromatic N) is 1. The third kappa shape index (κ3) is 9.40. The standard InChI is InChI=1S/C32H36F6N4O4S2/c33-24-17-27(28(46-31(34)35)18-26(24)40-11-14-43)39-10-2-5-29-23(19-32(36,37)38)22-3-1-4-25(30(22)47-29)41-20-6-8-21(9-7-20)42-12-15-48(44,45)16-13-42/h1,3-4,17-18,20-21,31,39-41,43H,6-16,19H2. The van der Waals surface area contributed by atoms with E-state index in [4.69, 9.17) is 5.11 Å². The summed E-state index contributed by atoms with van der Waals surface area (Å²) in [5.41, 5.74) is 0.457. The lowest BCUT2D eigenvalue weighted by atomic mass is 9.90. The van der Waals surface area contributed by atoms with Crippen molar-refractivity contribution >= 4 is 48.3 Å². The van der Waals surface area contributed by atoms with E-state index in [-0.39, 0.29) is 64.8 Å². The third-order valence-electron chi connectivity index (χ3n) is 8.43. The molecule has 2 aromatic carbocycles. The number of nitrogens with one attached hydrogen (secondary N) is 3. The summed E-state index contributed by atoms with van der Waals surface area (Å²) in [5.74, 6) is 4.71. The molecule has 16 heteroatoms. The molecule has 2 heterocycles. The SMILES string of the molecule is O=S1(=O)CCN(C2CCC(Nc3cccc4c(CC(F)(F)F)c(C#CCNc5cc(F)c(NCCO)cc5OC(F)F)sc34)CC2)CC1. The average molecular weight is 719 g/mol. The molecule has 1 aromatic heterocycles. The van der Waals surface area contributed by atoms with Gasteiger partial charge in [0, 0.05) is 43.9 Å². The highest BCUT2D eigenvalue weighted by Crippen LogP contribution is 2.40. The largest absolute Gasteiger partial charge is 0.433 e. The van der Waals surface area contributed by atoms with Crippen LogP contribution in [0.5, 0.6) is 5.75 Å². The number of alkyl halides is 5. The zero-order valence-electron chi connectivity index (χ0n) is 25.8. The number of thiophene rings is 1. The second-order valence-corrected chi connectivity index (χ2v) is 15.1. The van der Waals surface area contributed by atoms with E-state index in [1.54, 1.807) is 12.1 Å². The number of hydrogen-bond donors (Lipinski definition) is 4. The topological polar surface area (TPSA) is 103 Å². The number of halogens is 6. The number of ether oxygens (including phenoxy) is 1. The number of anilines is 3. The smallest absolute Gasteiger partial charge is 0.393 e. The molecule has 0 bridgehead atoms. The summed E-state index contributed by atoms with van der Waals surface area (Å²) in [4.78, 5) is 2.45. The van der Waals surface area contributed by atoms with E-state index in [9.17, 15) is 34.8 Å². The van der Waals surface area contributed by atoms with E-state index in [0.29, 0.717) is 34.9 Å². The van der Waals surface area contributed by atoms with Crippen LogP contribution in [0, 0.1) is 17.7 Å². The number of rotatable bonds is 11. The molecule has 0 unspecified atom stereocenters. The first kappa shape index (κ1) is 35.9. The predicted octanol–water partition coefficient (Wildman–Crippen LogP) is 6.07. The minimum Gasteiger partial charge on any atom is -0.433 e. The first-order valence-corrected chi connectivity index (χ1v) is 18.1. The van der Waals surface area contributed by atoms with Gasteiger partial charge < -0.3 is 25.8 Å². The maximum absolute atomic E-state index is 14.5. The Morgan fingerprint density at radius 1 is 1.04 bits per heavy atom. The maximum Gasteiger partial charge on any atom is 0.393 e. The van der Waals surface area contributed by atoms with Crippen molar-refractivity contribution in [3.05, 3.63) is 46.6 Å². The summed E-state index contributed by atoms with van der Waals surface area (Å²) in [5, 5.41) is 18.2. The molecule has 4 N–H and O–H groups in total. The van der Waals surface area contributed by atoms with Gasteiger partial charge in [-0.25, -0.2) is 12.8 Å². The quantitative estimate of drug-likeness (QED) is 0.140. The molecular weight excluding hydrogens is 682 g/mol. The zero-order chi connectivity index (χ0) is 34.5. The van der Waals surface area contributed by atoms with Crippen LogP contribution in [0.4, 0.5) is 43.4 Å². The second-order valence-electron chi connectivity index (χ2n) is 11.7. The summed E-state index contributed by atoms with van der Waals surface area (Å²) < 4.78 is 110. The van der Waals surface area contributed by atoms with Crippen LogP contribution in [0.2, 0.25) is 0 Å². The molecule has 48 heavy (non-hydrogen) atoms. The van der Waals surface area contributed by atoms with E-state index in [1.165, 1.54) is 0 Å². The molecule has 0 atom stereocenters. The first-order valence-electron chi connectivity index (χ1n) is 15.5. The molecule has 5 rings (SSSR count). The molecule has 3 aromatic rings. The zero-order valence-corrected chi connectivity index (χ0v) is 27.4. The Morgan fingerprint density at radius 3 is 2.44 bits per heavy atom. The molecule has 8 nitrogen and oxygen atoms in total. The fraction of sp³-hybridized carbons (Fsp3) is 0.500. The minimum absolute atomic E-state index is 0.0221. The Kier molecular flexibility index (Phi) is 11.5. The molecule has 2 fully saturated rings.